The Labute approximate surface area is 429 Å². The molecule has 6 atom stereocenters. The number of hydrogen-bond donors (Lipinski definition) is 6. The van der Waals surface area contributed by atoms with Crippen molar-refractivity contribution in [1.82, 2.24) is 14.7 Å². The second-order valence-electron chi connectivity index (χ2n) is 22.7. The van der Waals surface area contributed by atoms with Gasteiger partial charge in [0.05, 0.1) is 36.6 Å². The zero-order valence-corrected chi connectivity index (χ0v) is 47.0. The molecule has 6 N–H and O–H groups in total. The first-order valence-corrected chi connectivity index (χ1v) is 30.8. The molecule has 1 fully saturated rings. The standard InChI is InChI=1S/C60H123N3O6/c1-7-13-19-25-31-37-55(64)46-61(47-56(65)38-32-26-20-14-8-2)52-43-53(62(48-57(66)39-33-27-21-15-9-3)49-58(67)40-34-28-22-16-10-4)45-54(44-52)63(50-59(68)41-35-29-23-17-11-5)51-60(69)42-36-30-24-18-12-6/h52-60,64-69H,7-51H2,1-6H3. The van der Waals surface area contributed by atoms with Crippen molar-refractivity contribution >= 4 is 0 Å². The third-order valence-electron chi connectivity index (χ3n) is 15.7. The molecule has 0 heterocycles. The van der Waals surface area contributed by atoms with Gasteiger partial charge in [-0.1, -0.05) is 234 Å². The first kappa shape index (κ1) is 66.7. The Hall–Kier alpha value is -0.360. The highest BCUT2D eigenvalue weighted by Gasteiger charge is 2.40. The van der Waals surface area contributed by atoms with E-state index in [1.54, 1.807) is 0 Å². The van der Waals surface area contributed by atoms with Crippen molar-refractivity contribution in [3.8, 4) is 0 Å². The summed E-state index contributed by atoms with van der Waals surface area (Å²) in [6.45, 7) is 16.6. The predicted octanol–water partition coefficient (Wildman–Crippen LogP) is 13.5. The number of aliphatic hydroxyl groups excluding tert-OH is 6. The number of rotatable bonds is 51. The van der Waals surface area contributed by atoms with Gasteiger partial charge in [0, 0.05) is 57.4 Å². The van der Waals surface area contributed by atoms with Gasteiger partial charge in [0.25, 0.3) is 0 Å². The number of hydrogen-bond acceptors (Lipinski definition) is 9. The summed E-state index contributed by atoms with van der Waals surface area (Å²) in [5, 5.41) is 70.7. The maximum absolute atomic E-state index is 11.8. The molecule has 0 spiro atoms. The molecule has 1 aliphatic rings. The van der Waals surface area contributed by atoms with E-state index in [0.29, 0.717) is 39.3 Å². The highest BCUT2D eigenvalue weighted by atomic mass is 16.3. The third kappa shape index (κ3) is 36.3. The lowest BCUT2D eigenvalue weighted by Crippen LogP contribution is -2.58. The van der Waals surface area contributed by atoms with Crippen LogP contribution in [-0.2, 0) is 0 Å². The first-order valence-electron chi connectivity index (χ1n) is 30.8. The topological polar surface area (TPSA) is 131 Å². The summed E-state index contributed by atoms with van der Waals surface area (Å²) in [4.78, 5) is 7.31. The van der Waals surface area contributed by atoms with Gasteiger partial charge in [-0.05, 0) is 57.8 Å². The fourth-order valence-electron chi connectivity index (χ4n) is 11.3. The molecule has 0 saturated heterocycles. The molecule has 6 unspecified atom stereocenters. The number of nitrogens with zero attached hydrogens (tertiary/aromatic N) is 3. The molecular weight excluding hydrogens is 859 g/mol. The molecule has 0 bridgehead atoms. The van der Waals surface area contributed by atoms with Gasteiger partial charge >= 0.3 is 0 Å². The molecule has 0 aromatic carbocycles. The Morgan fingerprint density at radius 2 is 0.391 bits per heavy atom. The van der Waals surface area contributed by atoms with Crippen LogP contribution in [0.5, 0.6) is 0 Å². The molecule has 9 nitrogen and oxygen atoms in total. The maximum atomic E-state index is 11.8. The number of unbranched alkanes of at least 4 members (excludes halogenated alkanes) is 24. The lowest BCUT2D eigenvalue weighted by molar-refractivity contribution is -0.0398. The van der Waals surface area contributed by atoms with E-state index in [4.69, 9.17) is 0 Å². The summed E-state index contributed by atoms with van der Waals surface area (Å²) in [7, 11) is 0. The fourth-order valence-corrected chi connectivity index (χ4v) is 11.3. The van der Waals surface area contributed by atoms with Crippen LogP contribution < -0.4 is 0 Å². The number of aliphatic hydroxyl groups is 6. The van der Waals surface area contributed by atoms with E-state index in [-0.39, 0.29) is 18.1 Å². The average Bonchev–Trinajstić information content (AvgIpc) is 3.32. The Balaban J connectivity index is 3.74. The van der Waals surface area contributed by atoms with Gasteiger partial charge in [-0.25, -0.2) is 0 Å². The molecule has 1 rings (SSSR count). The lowest BCUT2D eigenvalue weighted by atomic mass is 9.83. The van der Waals surface area contributed by atoms with Crippen LogP contribution in [-0.4, -0.2) is 139 Å². The van der Waals surface area contributed by atoms with Crippen molar-refractivity contribution in [3.05, 3.63) is 0 Å². The van der Waals surface area contributed by atoms with Crippen LogP contribution in [0.25, 0.3) is 0 Å². The highest BCUT2D eigenvalue weighted by Crippen LogP contribution is 2.33. The normalized spacial score (nSPS) is 19.4. The second kappa shape index (κ2) is 46.2. The van der Waals surface area contributed by atoms with Crippen LogP contribution in [0.15, 0.2) is 0 Å². The van der Waals surface area contributed by atoms with E-state index in [2.05, 4.69) is 56.2 Å². The maximum Gasteiger partial charge on any atom is 0.0667 e. The van der Waals surface area contributed by atoms with Crippen molar-refractivity contribution in [2.45, 2.75) is 347 Å². The largest absolute Gasteiger partial charge is 0.392 e. The van der Waals surface area contributed by atoms with E-state index in [0.717, 1.165) is 135 Å². The Bertz CT molecular complexity index is 873. The molecule has 9 heteroatoms. The van der Waals surface area contributed by atoms with Crippen LogP contribution in [0, 0.1) is 0 Å². The monoisotopic (exact) mass is 982 g/mol. The molecule has 0 aliphatic heterocycles. The van der Waals surface area contributed by atoms with Crippen LogP contribution in [0.3, 0.4) is 0 Å². The van der Waals surface area contributed by atoms with E-state index in [1.807, 2.05) is 0 Å². The van der Waals surface area contributed by atoms with Crippen LogP contribution >= 0.6 is 0 Å². The van der Waals surface area contributed by atoms with Gasteiger partial charge < -0.3 is 30.6 Å². The molecule has 0 amide bonds. The quantitative estimate of drug-likeness (QED) is 0.0330. The fraction of sp³-hybridized carbons (Fsp3) is 1.00. The van der Waals surface area contributed by atoms with Gasteiger partial charge in [0.1, 0.15) is 0 Å². The summed E-state index contributed by atoms with van der Waals surface area (Å²) >= 11 is 0. The van der Waals surface area contributed by atoms with Gasteiger partial charge in [0.15, 0.2) is 0 Å². The third-order valence-corrected chi connectivity index (χ3v) is 15.7. The van der Waals surface area contributed by atoms with Gasteiger partial charge in [-0.15, -0.1) is 0 Å². The molecule has 1 aliphatic carbocycles. The van der Waals surface area contributed by atoms with Crippen molar-refractivity contribution in [2.24, 2.45) is 0 Å². The summed E-state index contributed by atoms with van der Waals surface area (Å²) in [5.74, 6) is 0. The minimum Gasteiger partial charge on any atom is -0.392 e. The Kier molecular flexibility index (Phi) is 44.6. The van der Waals surface area contributed by atoms with Gasteiger partial charge in [-0.3, -0.25) is 14.7 Å². The van der Waals surface area contributed by atoms with Crippen molar-refractivity contribution in [2.75, 3.05) is 39.3 Å². The Morgan fingerprint density at radius 1 is 0.246 bits per heavy atom. The van der Waals surface area contributed by atoms with Crippen molar-refractivity contribution in [1.29, 1.82) is 0 Å². The van der Waals surface area contributed by atoms with Gasteiger partial charge in [0.2, 0.25) is 0 Å². The molecule has 0 aromatic rings. The van der Waals surface area contributed by atoms with Crippen LogP contribution in [0.2, 0.25) is 0 Å². The van der Waals surface area contributed by atoms with Crippen molar-refractivity contribution < 1.29 is 30.6 Å². The zero-order valence-electron chi connectivity index (χ0n) is 47.0. The smallest absolute Gasteiger partial charge is 0.0667 e. The van der Waals surface area contributed by atoms with Gasteiger partial charge in [-0.2, -0.15) is 0 Å². The molecule has 0 radical (unpaired) electrons. The van der Waals surface area contributed by atoms with Crippen molar-refractivity contribution in [3.63, 3.8) is 0 Å². The molecular formula is C60H123N3O6. The summed E-state index contributed by atoms with van der Waals surface area (Å²) in [5.41, 5.74) is 0. The average molecular weight is 983 g/mol. The van der Waals surface area contributed by atoms with E-state index < -0.39 is 36.6 Å². The zero-order chi connectivity index (χ0) is 50.7. The highest BCUT2D eigenvalue weighted by molar-refractivity contribution is 4.96. The summed E-state index contributed by atoms with van der Waals surface area (Å²) < 4.78 is 0. The first-order chi connectivity index (χ1) is 33.5. The minimum absolute atomic E-state index is 0.0537. The predicted molar refractivity (Wildman–Crippen MR) is 296 cm³/mol. The van der Waals surface area contributed by atoms with Crippen LogP contribution in [0.1, 0.15) is 292 Å². The van der Waals surface area contributed by atoms with E-state index in [1.165, 1.54) is 116 Å². The molecule has 69 heavy (non-hydrogen) atoms. The van der Waals surface area contributed by atoms with Crippen LogP contribution in [0.4, 0.5) is 0 Å². The second-order valence-corrected chi connectivity index (χ2v) is 22.7. The minimum atomic E-state index is -0.484. The summed E-state index contributed by atoms with van der Waals surface area (Å²) in [6, 6.07) is 0.161. The summed E-state index contributed by atoms with van der Waals surface area (Å²) in [6.07, 6.45) is 38.7. The lowest BCUT2D eigenvalue weighted by Gasteiger charge is -2.49. The van der Waals surface area contributed by atoms with E-state index >= 15 is 0 Å². The SMILES string of the molecule is CCCCCCCC(O)CN(CC(O)CCCCCCC)C1CC(N(CC(O)CCCCCCC)CC(O)CCCCCCC)CC(N(CC(O)CCCCCCC)CC(O)CCCCCCC)C1. The Morgan fingerprint density at radius 3 is 0.536 bits per heavy atom. The molecule has 414 valence electrons. The van der Waals surface area contributed by atoms with E-state index in [9.17, 15) is 30.6 Å². The molecule has 0 aromatic heterocycles. The molecule has 1 saturated carbocycles.